The Morgan fingerprint density at radius 3 is 2.38 bits per heavy atom. The van der Waals surface area contributed by atoms with Crippen LogP contribution in [0.2, 0.25) is 10.0 Å². The van der Waals surface area contributed by atoms with E-state index in [1.807, 2.05) is 29.2 Å². The van der Waals surface area contributed by atoms with Gasteiger partial charge in [0.15, 0.2) is 0 Å². The fourth-order valence-corrected chi connectivity index (χ4v) is 6.76. The average Bonchev–Trinajstić information content (AvgIpc) is 2.85. The highest BCUT2D eigenvalue weighted by atomic mass is 35.5. The lowest BCUT2D eigenvalue weighted by Crippen LogP contribution is -2.53. The standard InChI is InChI=1S/C24H29Cl2N3O4S/c1-33-22-8-6-21(7-9-22)27-11-13-28(14-12-27)24(30)18-3-2-10-29(16-18)34(31,32)17-19-4-5-20(25)15-23(19)26/h4-9,15,18H,2-3,10-14,16-17H2,1H3/t18-/m1/s1. The summed E-state index contributed by atoms with van der Waals surface area (Å²) in [5, 5.41) is 0.789. The van der Waals surface area contributed by atoms with Gasteiger partial charge in [0, 0.05) is 55.0 Å². The Bertz CT molecular complexity index is 1120. The van der Waals surface area contributed by atoms with E-state index in [0.29, 0.717) is 48.1 Å². The van der Waals surface area contributed by atoms with Gasteiger partial charge >= 0.3 is 0 Å². The van der Waals surface area contributed by atoms with E-state index in [0.717, 1.165) is 24.5 Å². The monoisotopic (exact) mass is 525 g/mol. The Hall–Kier alpha value is -2.00. The van der Waals surface area contributed by atoms with Crippen LogP contribution in [0.5, 0.6) is 5.75 Å². The summed E-state index contributed by atoms with van der Waals surface area (Å²) in [5.41, 5.74) is 1.61. The quantitative estimate of drug-likeness (QED) is 0.572. The van der Waals surface area contributed by atoms with E-state index in [-0.39, 0.29) is 24.1 Å². The van der Waals surface area contributed by atoms with Crippen molar-refractivity contribution < 1.29 is 17.9 Å². The molecule has 0 spiro atoms. The molecule has 2 fully saturated rings. The van der Waals surface area contributed by atoms with Crippen molar-refractivity contribution in [1.82, 2.24) is 9.21 Å². The van der Waals surface area contributed by atoms with Crippen LogP contribution in [0.25, 0.3) is 0 Å². The van der Waals surface area contributed by atoms with Crippen molar-refractivity contribution in [3.8, 4) is 5.75 Å². The summed E-state index contributed by atoms with van der Waals surface area (Å²) < 4.78 is 32.8. The normalized spacial score (nSPS) is 19.8. The number of hydrogen-bond acceptors (Lipinski definition) is 5. The second-order valence-electron chi connectivity index (χ2n) is 8.70. The lowest BCUT2D eigenvalue weighted by Gasteiger charge is -2.39. The third kappa shape index (κ3) is 5.79. The Labute approximate surface area is 211 Å². The molecule has 0 N–H and O–H groups in total. The van der Waals surface area contributed by atoms with Crippen molar-refractivity contribution >= 4 is 44.8 Å². The van der Waals surface area contributed by atoms with Gasteiger partial charge in [0.05, 0.1) is 18.8 Å². The first-order chi connectivity index (χ1) is 16.3. The maximum Gasteiger partial charge on any atom is 0.227 e. The molecule has 0 aliphatic carbocycles. The molecule has 184 valence electrons. The number of carbonyl (C=O) groups excluding carboxylic acids is 1. The second kappa shape index (κ2) is 10.7. The van der Waals surface area contributed by atoms with Gasteiger partial charge < -0.3 is 14.5 Å². The lowest BCUT2D eigenvalue weighted by molar-refractivity contribution is -0.137. The molecule has 4 rings (SSSR count). The first kappa shape index (κ1) is 25.1. The summed E-state index contributed by atoms with van der Waals surface area (Å²) in [5.74, 6) is 0.327. The average molecular weight is 526 g/mol. The van der Waals surface area contributed by atoms with Crippen LogP contribution in [0.3, 0.4) is 0 Å². The zero-order chi connectivity index (χ0) is 24.3. The third-order valence-electron chi connectivity index (χ3n) is 6.51. The molecule has 0 saturated carbocycles. The number of rotatable bonds is 6. The van der Waals surface area contributed by atoms with Gasteiger partial charge in [0.1, 0.15) is 5.75 Å². The van der Waals surface area contributed by atoms with Gasteiger partial charge in [-0.15, -0.1) is 0 Å². The number of amides is 1. The minimum Gasteiger partial charge on any atom is -0.497 e. The summed E-state index contributed by atoms with van der Waals surface area (Å²) in [6, 6.07) is 12.7. The van der Waals surface area contributed by atoms with Crippen molar-refractivity contribution in [1.29, 1.82) is 0 Å². The van der Waals surface area contributed by atoms with E-state index in [1.165, 1.54) is 4.31 Å². The molecule has 1 atom stereocenters. The molecule has 2 heterocycles. The van der Waals surface area contributed by atoms with Crippen LogP contribution in [0, 0.1) is 5.92 Å². The SMILES string of the molecule is COc1ccc(N2CCN(C(=O)[C@@H]3CCCN(S(=O)(=O)Cc4ccc(Cl)cc4Cl)C3)CC2)cc1. The summed E-state index contributed by atoms with van der Waals surface area (Å²) in [4.78, 5) is 17.4. The van der Waals surface area contributed by atoms with Crippen LogP contribution in [0.1, 0.15) is 18.4 Å². The van der Waals surface area contributed by atoms with Crippen LogP contribution < -0.4 is 9.64 Å². The van der Waals surface area contributed by atoms with Gasteiger partial charge in [-0.1, -0.05) is 29.3 Å². The van der Waals surface area contributed by atoms with Crippen LogP contribution in [-0.4, -0.2) is 69.9 Å². The number of benzene rings is 2. The largest absolute Gasteiger partial charge is 0.497 e. The number of anilines is 1. The maximum absolute atomic E-state index is 13.2. The lowest BCUT2D eigenvalue weighted by atomic mass is 9.97. The molecule has 0 aromatic heterocycles. The van der Waals surface area contributed by atoms with Crippen molar-refractivity contribution in [2.75, 3.05) is 51.3 Å². The minimum atomic E-state index is -3.60. The molecule has 0 unspecified atom stereocenters. The van der Waals surface area contributed by atoms with E-state index in [2.05, 4.69) is 4.90 Å². The molecule has 0 bridgehead atoms. The molecule has 7 nitrogen and oxygen atoms in total. The van der Waals surface area contributed by atoms with Gasteiger partial charge in [-0.25, -0.2) is 12.7 Å². The summed E-state index contributed by atoms with van der Waals surface area (Å²) in [6.45, 7) is 3.35. The predicted molar refractivity (Wildman–Crippen MR) is 135 cm³/mol. The molecule has 2 saturated heterocycles. The third-order valence-corrected chi connectivity index (χ3v) is 8.89. The topological polar surface area (TPSA) is 70.2 Å². The molecule has 10 heteroatoms. The first-order valence-electron chi connectivity index (χ1n) is 11.4. The van der Waals surface area contributed by atoms with E-state index in [4.69, 9.17) is 27.9 Å². The molecule has 0 radical (unpaired) electrons. The number of sulfonamides is 1. The molecule has 2 aliphatic rings. The summed E-state index contributed by atoms with van der Waals surface area (Å²) in [6.07, 6.45) is 1.36. The van der Waals surface area contributed by atoms with E-state index >= 15 is 0 Å². The smallest absolute Gasteiger partial charge is 0.227 e. The minimum absolute atomic E-state index is 0.0406. The number of piperazine rings is 1. The Morgan fingerprint density at radius 2 is 1.74 bits per heavy atom. The second-order valence-corrected chi connectivity index (χ2v) is 11.5. The molecule has 2 aromatic rings. The fourth-order valence-electron chi connectivity index (χ4n) is 4.56. The van der Waals surface area contributed by atoms with E-state index < -0.39 is 10.0 Å². The van der Waals surface area contributed by atoms with Gasteiger partial charge in [0.25, 0.3) is 0 Å². The van der Waals surface area contributed by atoms with Crippen LogP contribution in [0.15, 0.2) is 42.5 Å². The highest BCUT2D eigenvalue weighted by molar-refractivity contribution is 7.88. The van der Waals surface area contributed by atoms with Crippen molar-refractivity contribution in [2.45, 2.75) is 18.6 Å². The van der Waals surface area contributed by atoms with Crippen molar-refractivity contribution in [3.05, 3.63) is 58.1 Å². The molecule has 1 amide bonds. The molecular weight excluding hydrogens is 497 g/mol. The summed E-state index contributed by atoms with van der Waals surface area (Å²) in [7, 11) is -1.96. The van der Waals surface area contributed by atoms with Crippen molar-refractivity contribution in [3.63, 3.8) is 0 Å². The number of nitrogens with zero attached hydrogens (tertiary/aromatic N) is 3. The van der Waals surface area contributed by atoms with Crippen LogP contribution in [-0.2, 0) is 20.6 Å². The molecule has 2 aliphatic heterocycles. The number of hydrogen-bond donors (Lipinski definition) is 0. The molecular formula is C24H29Cl2N3O4S. The Kier molecular flexibility index (Phi) is 7.92. The highest BCUT2D eigenvalue weighted by Crippen LogP contribution is 2.28. The van der Waals surface area contributed by atoms with Gasteiger partial charge in [-0.05, 0) is 54.8 Å². The van der Waals surface area contributed by atoms with Gasteiger partial charge in [0.2, 0.25) is 15.9 Å². The molecule has 34 heavy (non-hydrogen) atoms. The predicted octanol–water partition coefficient (Wildman–Crippen LogP) is 3.89. The Morgan fingerprint density at radius 1 is 1.03 bits per heavy atom. The summed E-state index contributed by atoms with van der Waals surface area (Å²) >= 11 is 12.1. The van der Waals surface area contributed by atoms with E-state index in [1.54, 1.807) is 25.3 Å². The number of halogens is 2. The maximum atomic E-state index is 13.2. The van der Waals surface area contributed by atoms with Gasteiger partial charge in [-0.2, -0.15) is 0 Å². The van der Waals surface area contributed by atoms with Gasteiger partial charge in [-0.3, -0.25) is 4.79 Å². The number of ether oxygens (including phenoxy) is 1. The zero-order valence-corrected chi connectivity index (χ0v) is 21.4. The van der Waals surface area contributed by atoms with Crippen LogP contribution in [0.4, 0.5) is 5.69 Å². The van der Waals surface area contributed by atoms with Crippen LogP contribution >= 0.6 is 23.2 Å². The highest BCUT2D eigenvalue weighted by Gasteiger charge is 2.35. The first-order valence-corrected chi connectivity index (χ1v) is 13.7. The Balaban J connectivity index is 1.35. The number of piperidine rings is 1. The zero-order valence-electron chi connectivity index (χ0n) is 19.1. The fraction of sp³-hybridized carbons (Fsp3) is 0.458. The number of carbonyl (C=O) groups is 1. The number of methoxy groups -OCH3 is 1. The van der Waals surface area contributed by atoms with E-state index in [9.17, 15) is 13.2 Å². The van der Waals surface area contributed by atoms with Crippen molar-refractivity contribution in [2.24, 2.45) is 5.92 Å². The molecule has 2 aromatic carbocycles.